The van der Waals surface area contributed by atoms with Crippen LogP contribution < -0.4 is 10.6 Å². The van der Waals surface area contributed by atoms with Crippen LogP contribution in [0.1, 0.15) is 6.42 Å². The van der Waals surface area contributed by atoms with Crippen molar-refractivity contribution >= 4 is 27.3 Å². The number of anilines is 1. The Balaban J connectivity index is 1.61. The predicted octanol–water partition coefficient (Wildman–Crippen LogP) is 1.77. The molecule has 0 unspecified atom stereocenters. The normalized spacial score (nSPS) is 18.2. The predicted molar refractivity (Wildman–Crippen MR) is 85.8 cm³/mol. The zero-order valence-corrected chi connectivity index (χ0v) is 12.7. The van der Waals surface area contributed by atoms with Gasteiger partial charge in [-0.2, -0.15) is 0 Å². The molecule has 112 valence electrons. The molecule has 1 atom stereocenters. The van der Waals surface area contributed by atoms with Crippen LogP contribution in [0.5, 0.6) is 0 Å². The van der Waals surface area contributed by atoms with Gasteiger partial charge in [0.2, 0.25) is 16.0 Å². The number of nitrogens with zero attached hydrogens (tertiary/aromatic N) is 4. The molecule has 1 saturated heterocycles. The number of nitrogens with two attached hydrogens (primary N) is 1. The zero-order chi connectivity index (χ0) is 15.1. The molecule has 0 bridgehead atoms. The third-order valence-corrected chi connectivity index (χ3v) is 4.95. The summed E-state index contributed by atoms with van der Waals surface area (Å²) >= 11 is 1.54. The van der Waals surface area contributed by atoms with E-state index in [-0.39, 0.29) is 11.8 Å². The highest BCUT2D eigenvalue weighted by Gasteiger charge is 2.28. The van der Waals surface area contributed by atoms with Crippen LogP contribution in [0.3, 0.4) is 0 Å². The number of primary amides is 1. The fraction of sp³-hybridized carbons (Fsp3) is 0.267. The van der Waals surface area contributed by atoms with Gasteiger partial charge in [0.25, 0.3) is 0 Å². The minimum atomic E-state index is -0.227. The van der Waals surface area contributed by atoms with Crippen molar-refractivity contribution in [1.82, 2.24) is 14.6 Å². The van der Waals surface area contributed by atoms with Gasteiger partial charge >= 0.3 is 0 Å². The van der Waals surface area contributed by atoms with E-state index in [2.05, 4.69) is 15.0 Å². The Kier molecular flexibility index (Phi) is 3.07. The van der Waals surface area contributed by atoms with Crippen LogP contribution in [-0.2, 0) is 4.79 Å². The van der Waals surface area contributed by atoms with E-state index in [1.54, 1.807) is 4.52 Å². The van der Waals surface area contributed by atoms with Crippen LogP contribution in [0, 0.1) is 5.92 Å². The number of hydrogen-bond acceptors (Lipinski definition) is 5. The van der Waals surface area contributed by atoms with E-state index in [0.717, 1.165) is 34.3 Å². The van der Waals surface area contributed by atoms with Crippen LogP contribution in [0.15, 0.2) is 36.5 Å². The fourth-order valence-corrected chi connectivity index (χ4v) is 3.65. The summed E-state index contributed by atoms with van der Waals surface area (Å²) < 4.78 is 1.81. The number of amides is 1. The van der Waals surface area contributed by atoms with Crippen LogP contribution in [0.4, 0.5) is 5.13 Å². The summed E-state index contributed by atoms with van der Waals surface area (Å²) in [6.45, 7) is 1.47. The molecule has 2 aromatic heterocycles. The highest BCUT2D eigenvalue weighted by Crippen LogP contribution is 2.29. The summed E-state index contributed by atoms with van der Waals surface area (Å²) in [4.78, 5) is 18.9. The lowest BCUT2D eigenvalue weighted by Crippen LogP contribution is -2.27. The fourth-order valence-electron chi connectivity index (χ4n) is 2.73. The average Bonchev–Trinajstić information content (AvgIpc) is 3.21. The van der Waals surface area contributed by atoms with E-state index in [0.29, 0.717) is 6.54 Å². The molecule has 7 heteroatoms. The molecule has 4 rings (SSSR count). The second-order valence-electron chi connectivity index (χ2n) is 5.44. The van der Waals surface area contributed by atoms with Crippen molar-refractivity contribution in [2.75, 3.05) is 18.0 Å². The Labute approximate surface area is 131 Å². The Morgan fingerprint density at radius 2 is 2.14 bits per heavy atom. The quantitative estimate of drug-likeness (QED) is 0.799. The number of hydrogen-bond donors (Lipinski definition) is 1. The smallest absolute Gasteiger partial charge is 0.222 e. The van der Waals surface area contributed by atoms with Crippen molar-refractivity contribution < 1.29 is 4.79 Å². The number of imidazole rings is 1. The number of carbonyl (C=O) groups is 1. The van der Waals surface area contributed by atoms with Crippen LogP contribution in [0.25, 0.3) is 16.2 Å². The molecule has 1 aromatic carbocycles. The molecule has 0 radical (unpaired) electrons. The highest BCUT2D eigenvalue weighted by atomic mass is 32.1. The molecule has 0 spiro atoms. The average molecular weight is 313 g/mol. The second-order valence-corrected chi connectivity index (χ2v) is 6.37. The highest BCUT2D eigenvalue weighted by molar-refractivity contribution is 7.20. The van der Waals surface area contributed by atoms with E-state index >= 15 is 0 Å². The summed E-state index contributed by atoms with van der Waals surface area (Å²) in [6, 6.07) is 10.0. The lowest BCUT2D eigenvalue weighted by atomic mass is 10.1. The van der Waals surface area contributed by atoms with Gasteiger partial charge in [-0.1, -0.05) is 41.7 Å². The molecule has 3 aromatic rings. The molecule has 2 N–H and O–H groups in total. The van der Waals surface area contributed by atoms with Gasteiger partial charge in [-0.15, -0.1) is 5.10 Å². The minimum Gasteiger partial charge on any atom is -0.369 e. The Hall–Kier alpha value is -2.41. The van der Waals surface area contributed by atoms with E-state index in [1.165, 1.54) is 11.3 Å². The van der Waals surface area contributed by atoms with Gasteiger partial charge in [-0.3, -0.25) is 4.79 Å². The first-order chi connectivity index (χ1) is 10.7. The summed E-state index contributed by atoms with van der Waals surface area (Å²) in [6.07, 6.45) is 2.73. The summed E-state index contributed by atoms with van der Waals surface area (Å²) in [5, 5.41) is 5.48. The summed E-state index contributed by atoms with van der Waals surface area (Å²) in [5.41, 5.74) is 7.38. The van der Waals surface area contributed by atoms with Crippen LogP contribution >= 0.6 is 11.3 Å². The summed E-state index contributed by atoms with van der Waals surface area (Å²) in [5.74, 6) is -0.300. The molecular formula is C15H15N5OS. The van der Waals surface area contributed by atoms with Crippen molar-refractivity contribution in [2.24, 2.45) is 11.7 Å². The number of aromatic nitrogens is 3. The van der Waals surface area contributed by atoms with Gasteiger partial charge in [-0.25, -0.2) is 9.50 Å². The standard InChI is InChI=1S/C15H15N5OS/c16-13(21)11-6-7-19(8-11)15-18-20-9-12(17-14(20)22-15)10-4-2-1-3-5-10/h1-5,9,11H,6-8H2,(H2,16,21)/t11-/m0/s1. The topological polar surface area (TPSA) is 76.5 Å². The van der Waals surface area contributed by atoms with Crippen molar-refractivity contribution in [3.8, 4) is 11.3 Å². The number of benzene rings is 1. The van der Waals surface area contributed by atoms with Gasteiger partial charge in [0.1, 0.15) is 0 Å². The number of carbonyl (C=O) groups excluding carboxylic acids is 1. The molecule has 0 saturated carbocycles. The third kappa shape index (κ3) is 2.23. The van der Waals surface area contributed by atoms with Crippen molar-refractivity contribution in [3.05, 3.63) is 36.5 Å². The maximum atomic E-state index is 11.3. The van der Waals surface area contributed by atoms with Gasteiger partial charge in [0.15, 0.2) is 0 Å². The van der Waals surface area contributed by atoms with E-state index in [1.807, 2.05) is 36.5 Å². The molecule has 22 heavy (non-hydrogen) atoms. The molecule has 1 amide bonds. The van der Waals surface area contributed by atoms with Gasteiger partial charge < -0.3 is 10.6 Å². The zero-order valence-electron chi connectivity index (χ0n) is 11.8. The molecule has 1 fully saturated rings. The Morgan fingerprint density at radius 3 is 2.82 bits per heavy atom. The van der Waals surface area contributed by atoms with Crippen LogP contribution in [-0.4, -0.2) is 33.6 Å². The second kappa shape index (κ2) is 5.10. The maximum absolute atomic E-state index is 11.3. The molecule has 3 heterocycles. The lowest BCUT2D eigenvalue weighted by molar-refractivity contribution is -0.121. The van der Waals surface area contributed by atoms with Crippen molar-refractivity contribution in [2.45, 2.75) is 6.42 Å². The van der Waals surface area contributed by atoms with E-state index < -0.39 is 0 Å². The SMILES string of the molecule is NC(=O)[C@H]1CCN(c2nn3cc(-c4ccccc4)nc3s2)C1. The van der Waals surface area contributed by atoms with Gasteiger partial charge in [0, 0.05) is 18.7 Å². The minimum absolute atomic E-state index is 0.0731. The van der Waals surface area contributed by atoms with Gasteiger partial charge in [-0.05, 0) is 6.42 Å². The Bertz CT molecular complexity index is 793. The number of fused-ring (bicyclic) bond motifs is 1. The summed E-state index contributed by atoms with van der Waals surface area (Å²) in [7, 11) is 0. The largest absolute Gasteiger partial charge is 0.369 e. The van der Waals surface area contributed by atoms with E-state index in [9.17, 15) is 4.79 Å². The first-order valence-corrected chi connectivity index (χ1v) is 7.98. The Morgan fingerprint density at radius 1 is 1.32 bits per heavy atom. The van der Waals surface area contributed by atoms with Crippen molar-refractivity contribution in [3.63, 3.8) is 0 Å². The third-order valence-electron chi connectivity index (χ3n) is 3.96. The first-order valence-electron chi connectivity index (χ1n) is 7.16. The molecule has 1 aliphatic rings. The molecule has 6 nitrogen and oxygen atoms in total. The lowest BCUT2D eigenvalue weighted by Gasteiger charge is -2.12. The van der Waals surface area contributed by atoms with E-state index in [4.69, 9.17) is 5.73 Å². The molecule has 0 aliphatic carbocycles. The van der Waals surface area contributed by atoms with Crippen molar-refractivity contribution in [1.29, 1.82) is 0 Å². The molecule has 1 aliphatic heterocycles. The number of rotatable bonds is 3. The molecular weight excluding hydrogens is 298 g/mol. The first kappa shape index (κ1) is 13.3. The monoisotopic (exact) mass is 313 g/mol. The van der Waals surface area contributed by atoms with Gasteiger partial charge in [0.05, 0.1) is 17.8 Å². The van der Waals surface area contributed by atoms with Crippen LogP contribution in [0.2, 0.25) is 0 Å². The maximum Gasteiger partial charge on any atom is 0.222 e.